The summed E-state index contributed by atoms with van der Waals surface area (Å²) in [4.78, 5) is 4.25. The predicted molar refractivity (Wildman–Crippen MR) is 80.4 cm³/mol. The SMILES string of the molecule is C=C/C(=C\C=C/CC)c1c(N)ncc(C)c1CC. The quantitative estimate of drug-likeness (QED) is 0.790. The molecule has 0 saturated heterocycles. The van der Waals surface area contributed by atoms with E-state index in [4.69, 9.17) is 5.73 Å². The van der Waals surface area contributed by atoms with E-state index < -0.39 is 0 Å². The van der Waals surface area contributed by atoms with Crippen molar-refractivity contribution in [3.8, 4) is 0 Å². The number of hydrogen-bond acceptors (Lipinski definition) is 2. The van der Waals surface area contributed by atoms with Crippen molar-refractivity contribution >= 4 is 11.4 Å². The predicted octanol–water partition coefficient (Wildman–Crippen LogP) is 4.07. The Labute approximate surface area is 110 Å². The molecule has 1 aromatic heterocycles. The fourth-order valence-electron chi connectivity index (χ4n) is 2.00. The van der Waals surface area contributed by atoms with Crippen molar-refractivity contribution in [2.45, 2.75) is 33.6 Å². The first-order chi connectivity index (χ1) is 8.65. The van der Waals surface area contributed by atoms with Crippen molar-refractivity contribution in [2.24, 2.45) is 0 Å². The van der Waals surface area contributed by atoms with Crippen LogP contribution in [0.3, 0.4) is 0 Å². The number of anilines is 1. The van der Waals surface area contributed by atoms with Crippen LogP contribution in [0.4, 0.5) is 5.82 Å². The fourth-order valence-corrected chi connectivity index (χ4v) is 2.00. The summed E-state index contributed by atoms with van der Waals surface area (Å²) >= 11 is 0. The van der Waals surface area contributed by atoms with Gasteiger partial charge in [0, 0.05) is 11.8 Å². The van der Waals surface area contributed by atoms with Gasteiger partial charge in [0.25, 0.3) is 0 Å². The molecule has 18 heavy (non-hydrogen) atoms. The van der Waals surface area contributed by atoms with Crippen molar-refractivity contribution in [1.82, 2.24) is 4.98 Å². The number of pyridine rings is 1. The Hall–Kier alpha value is -1.83. The summed E-state index contributed by atoms with van der Waals surface area (Å²) in [5.74, 6) is 0.577. The monoisotopic (exact) mass is 242 g/mol. The molecule has 96 valence electrons. The Morgan fingerprint density at radius 3 is 2.72 bits per heavy atom. The lowest BCUT2D eigenvalue weighted by Gasteiger charge is -2.13. The van der Waals surface area contributed by atoms with Crippen LogP contribution in [0.15, 0.2) is 37.1 Å². The van der Waals surface area contributed by atoms with Gasteiger partial charge in [-0.3, -0.25) is 0 Å². The molecule has 0 unspecified atom stereocenters. The summed E-state index contributed by atoms with van der Waals surface area (Å²) in [6.07, 6.45) is 11.8. The first kappa shape index (κ1) is 14.2. The van der Waals surface area contributed by atoms with Gasteiger partial charge in [0.15, 0.2) is 0 Å². The minimum absolute atomic E-state index is 0.577. The van der Waals surface area contributed by atoms with Gasteiger partial charge in [0.1, 0.15) is 5.82 Å². The molecule has 0 spiro atoms. The van der Waals surface area contributed by atoms with Crippen LogP contribution in [-0.2, 0) is 6.42 Å². The first-order valence-corrected chi connectivity index (χ1v) is 6.39. The van der Waals surface area contributed by atoms with Crippen LogP contribution < -0.4 is 5.73 Å². The van der Waals surface area contributed by atoms with Crippen molar-refractivity contribution in [2.75, 3.05) is 5.73 Å². The highest BCUT2D eigenvalue weighted by Gasteiger charge is 2.11. The van der Waals surface area contributed by atoms with Gasteiger partial charge in [0.2, 0.25) is 0 Å². The highest BCUT2D eigenvalue weighted by atomic mass is 14.8. The zero-order chi connectivity index (χ0) is 13.5. The maximum Gasteiger partial charge on any atom is 0.131 e. The molecule has 0 bridgehead atoms. The Bertz CT molecular complexity index is 482. The minimum atomic E-state index is 0.577. The van der Waals surface area contributed by atoms with Gasteiger partial charge in [-0.25, -0.2) is 4.98 Å². The molecular formula is C16H22N2. The molecular weight excluding hydrogens is 220 g/mol. The third-order valence-electron chi connectivity index (χ3n) is 2.94. The van der Waals surface area contributed by atoms with Crippen molar-refractivity contribution < 1.29 is 0 Å². The molecule has 1 rings (SSSR count). The Kier molecular flexibility index (Phi) is 5.37. The Morgan fingerprint density at radius 2 is 2.17 bits per heavy atom. The molecule has 2 heteroatoms. The summed E-state index contributed by atoms with van der Waals surface area (Å²) in [5.41, 5.74) is 10.5. The topological polar surface area (TPSA) is 38.9 Å². The maximum absolute atomic E-state index is 6.02. The smallest absolute Gasteiger partial charge is 0.131 e. The number of aromatic nitrogens is 1. The number of allylic oxidation sites excluding steroid dienone is 5. The van der Waals surface area contributed by atoms with Crippen LogP contribution in [0.5, 0.6) is 0 Å². The lowest BCUT2D eigenvalue weighted by Crippen LogP contribution is -2.03. The van der Waals surface area contributed by atoms with Crippen LogP contribution in [-0.4, -0.2) is 4.98 Å². The van der Waals surface area contributed by atoms with Crippen LogP contribution in [0.1, 0.15) is 37.0 Å². The van der Waals surface area contributed by atoms with Crippen LogP contribution >= 0.6 is 0 Å². The molecule has 0 aliphatic rings. The molecule has 0 aliphatic heterocycles. The van der Waals surface area contributed by atoms with Gasteiger partial charge in [0.05, 0.1) is 0 Å². The number of aryl methyl sites for hydroxylation is 1. The maximum atomic E-state index is 6.02. The second kappa shape index (κ2) is 6.80. The lowest BCUT2D eigenvalue weighted by molar-refractivity contribution is 1.07. The van der Waals surface area contributed by atoms with Gasteiger partial charge >= 0.3 is 0 Å². The number of rotatable bonds is 5. The van der Waals surface area contributed by atoms with E-state index in [1.807, 2.05) is 24.4 Å². The van der Waals surface area contributed by atoms with Gasteiger partial charge in [-0.2, -0.15) is 0 Å². The first-order valence-electron chi connectivity index (χ1n) is 6.39. The second-order valence-electron chi connectivity index (χ2n) is 4.20. The Balaban J connectivity index is 3.37. The molecule has 2 nitrogen and oxygen atoms in total. The average Bonchev–Trinajstić information content (AvgIpc) is 2.38. The summed E-state index contributed by atoms with van der Waals surface area (Å²) < 4.78 is 0. The number of nitrogens with two attached hydrogens (primary N) is 1. The molecule has 0 atom stereocenters. The van der Waals surface area contributed by atoms with Crippen molar-refractivity contribution in [1.29, 1.82) is 0 Å². The van der Waals surface area contributed by atoms with E-state index in [9.17, 15) is 0 Å². The van der Waals surface area contributed by atoms with Crippen molar-refractivity contribution in [3.05, 3.63) is 53.8 Å². The summed E-state index contributed by atoms with van der Waals surface area (Å²) in [6, 6.07) is 0. The van der Waals surface area contributed by atoms with Crippen LogP contribution in [0.25, 0.3) is 5.57 Å². The molecule has 0 radical (unpaired) electrons. The minimum Gasteiger partial charge on any atom is -0.383 e. The lowest BCUT2D eigenvalue weighted by atomic mass is 9.95. The molecule has 0 saturated carbocycles. The number of nitrogens with zero attached hydrogens (tertiary/aromatic N) is 1. The zero-order valence-corrected chi connectivity index (χ0v) is 11.5. The van der Waals surface area contributed by atoms with Crippen LogP contribution in [0.2, 0.25) is 0 Å². The molecule has 0 aromatic carbocycles. The highest BCUT2D eigenvalue weighted by Crippen LogP contribution is 2.27. The summed E-state index contributed by atoms with van der Waals surface area (Å²) in [6.45, 7) is 10.2. The van der Waals surface area contributed by atoms with E-state index >= 15 is 0 Å². The zero-order valence-electron chi connectivity index (χ0n) is 11.5. The second-order valence-corrected chi connectivity index (χ2v) is 4.20. The van der Waals surface area contributed by atoms with Gasteiger partial charge in [-0.05, 0) is 36.5 Å². The van der Waals surface area contributed by atoms with E-state index in [0.717, 1.165) is 24.0 Å². The third-order valence-corrected chi connectivity index (χ3v) is 2.94. The normalized spacial score (nSPS) is 12.1. The largest absolute Gasteiger partial charge is 0.383 e. The van der Waals surface area contributed by atoms with E-state index in [1.165, 1.54) is 11.1 Å². The third kappa shape index (κ3) is 3.10. The highest BCUT2D eigenvalue weighted by molar-refractivity contribution is 5.82. The summed E-state index contributed by atoms with van der Waals surface area (Å²) in [5, 5.41) is 0. The Morgan fingerprint density at radius 1 is 1.44 bits per heavy atom. The number of hydrogen-bond donors (Lipinski definition) is 1. The molecule has 0 amide bonds. The van der Waals surface area contributed by atoms with Crippen molar-refractivity contribution in [3.63, 3.8) is 0 Å². The molecule has 2 N–H and O–H groups in total. The standard InChI is InChI=1S/C16H22N2/c1-5-8-9-10-13(6-2)15-14(7-3)12(4)11-18-16(15)17/h6,8-11H,2,5,7H2,1,3-4H3,(H2,17,18)/b9-8-,13-10+. The van der Waals surface area contributed by atoms with E-state index in [0.29, 0.717) is 5.82 Å². The average molecular weight is 242 g/mol. The molecule has 0 fully saturated rings. The van der Waals surface area contributed by atoms with E-state index in [2.05, 4.69) is 38.4 Å². The number of nitrogen functional groups attached to an aromatic ring is 1. The van der Waals surface area contributed by atoms with Gasteiger partial charge in [-0.1, -0.05) is 44.7 Å². The fraction of sp³-hybridized carbons (Fsp3) is 0.312. The summed E-state index contributed by atoms with van der Waals surface area (Å²) in [7, 11) is 0. The molecule has 0 aliphatic carbocycles. The van der Waals surface area contributed by atoms with E-state index in [-0.39, 0.29) is 0 Å². The van der Waals surface area contributed by atoms with Gasteiger partial charge in [-0.15, -0.1) is 0 Å². The van der Waals surface area contributed by atoms with Gasteiger partial charge < -0.3 is 5.73 Å². The van der Waals surface area contributed by atoms with Crippen LogP contribution in [0, 0.1) is 6.92 Å². The molecule has 1 aromatic rings. The molecule has 1 heterocycles. The van der Waals surface area contributed by atoms with E-state index in [1.54, 1.807) is 0 Å².